The van der Waals surface area contributed by atoms with Gasteiger partial charge in [-0.3, -0.25) is 0 Å². The Kier molecular flexibility index (Phi) is 4.49. The van der Waals surface area contributed by atoms with Gasteiger partial charge in [-0.15, -0.1) is 0 Å². The second-order valence-corrected chi connectivity index (χ2v) is 5.09. The minimum absolute atomic E-state index is 0.359. The van der Waals surface area contributed by atoms with Crippen LogP contribution in [0.5, 0.6) is 0 Å². The normalized spacial score (nSPS) is 18.5. The highest BCUT2D eigenvalue weighted by Gasteiger charge is 2.27. The van der Waals surface area contributed by atoms with Crippen molar-refractivity contribution < 1.29 is 0 Å². The molecule has 1 fully saturated rings. The van der Waals surface area contributed by atoms with Gasteiger partial charge in [0.15, 0.2) is 0 Å². The average molecular weight is 233 g/mol. The van der Waals surface area contributed by atoms with E-state index in [-0.39, 0.29) is 0 Å². The Balaban J connectivity index is 2.10. The molecule has 2 rings (SSSR count). The number of nitrogens with one attached hydrogen (secondary N) is 1. The van der Waals surface area contributed by atoms with Crippen molar-refractivity contribution in [3.8, 4) is 0 Å². The van der Waals surface area contributed by atoms with Crippen LogP contribution >= 0.6 is 0 Å². The molecule has 1 aromatic heterocycles. The van der Waals surface area contributed by atoms with Crippen LogP contribution in [0.15, 0.2) is 12.4 Å². The SMILES string of the molecule is CCCNC(c1ncc(C)cn1)C1CCCC1. The lowest BCUT2D eigenvalue weighted by Crippen LogP contribution is -2.29. The van der Waals surface area contributed by atoms with Crippen LogP contribution in [0.3, 0.4) is 0 Å². The van der Waals surface area contributed by atoms with E-state index >= 15 is 0 Å². The smallest absolute Gasteiger partial charge is 0.145 e. The molecule has 1 aliphatic carbocycles. The standard InChI is InChI=1S/C14H23N3/c1-3-8-15-13(12-6-4-5-7-12)14-16-9-11(2)10-17-14/h9-10,12-13,15H,3-8H2,1-2H3. The summed E-state index contributed by atoms with van der Waals surface area (Å²) < 4.78 is 0. The van der Waals surface area contributed by atoms with E-state index in [2.05, 4.69) is 22.2 Å². The van der Waals surface area contributed by atoms with Crippen LogP contribution < -0.4 is 5.32 Å². The summed E-state index contributed by atoms with van der Waals surface area (Å²) in [6, 6.07) is 0.359. The van der Waals surface area contributed by atoms with Gasteiger partial charge in [-0.2, -0.15) is 0 Å². The lowest BCUT2D eigenvalue weighted by molar-refractivity contribution is 0.353. The number of nitrogens with zero attached hydrogens (tertiary/aromatic N) is 2. The molecular weight excluding hydrogens is 210 g/mol. The first-order chi connectivity index (χ1) is 8.31. The highest BCUT2D eigenvalue weighted by atomic mass is 15.0. The van der Waals surface area contributed by atoms with Gasteiger partial charge in [0.1, 0.15) is 5.82 Å². The van der Waals surface area contributed by atoms with E-state index in [9.17, 15) is 0 Å². The maximum Gasteiger partial charge on any atom is 0.145 e. The summed E-state index contributed by atoms with van der Waals surface area (Å²) in [4.78, 5) is 9.00. The Hall–Kier alpha value is -0.960. The van der Waals surface area contributed by atoms with E-state index in [0.717, 1.165) is 30.3 Å². The summed E-state index contributed by atoms with van der Waals surface area (Å²) >= 11 is 0. The summed E-state index contributed by atoms with van der Waals surface area (Å²) in [6.07, 6.45) is 10.4. The summed E-state index contributed by atoms with van der Waals surface area (Å²) in [5.41, 5.74) is 1.13. The van der Waals surface area contributed by atoms with Crippen LogP contribution in [0.25, 0.3) is 0 Å². The fourth-order valence-electron chi connectivity index (χ4n) is 2.62. The van der Waals surface area contributed by atoms with Gasteiger partial charge in [0, 0.05) is 12.4 Å². The fourth-order valence-corrected chi connectivity index (χ4v) is 2.62. The zero-order valence-electron chi connectivity index (χ0n) is 10.9. The first kappa shape index (κ1) is 12.5. The molecule has 1 heterocycles. The minimum Gasteiger partial charge on any atom is -0.307 e. The Morgan fingerprint density at radius 1 is 1.29 bits per heavy atom. The molecule has 1 unspecified atom stereocenters. The van der Waals surface area contributed by atoms with E-state index in [1.165, 1.54) is 25.7 Å². The predicted octanol–water partition coefficient (Wildman–Crippen LogP) is 3.02. The van der Waals surface area contributed by atoms with Crippen LogP contribution in [0, 0.1) is 12.8 Å². The monoisotopic (exact) mass is 233 g/mol. The van der Waals surface area contributed by atoms with Gasteiger partial charge in [0.05, 0.1) is 6.04 Å². The van der Waals surface area contributed by atoms with E-state index in [0.29, 0.717) is 6.04 Å². The number of aromatic nitrogens is 2. The molecule has 0 radical (unpaired) electrons. The Morgan fingerprint density at radius 3 is 2.53 bits per heavy atom. The van der Waals surface area contributed by atoms with Crippen molar-refractivity contribution in [2.24, 2.45) is 5.92 Å². The van der Waals surface area contributed by atoms with Crippen LogP contribution in [0.2, 0.25) is 0 Å². The zero-order chi connectivity index (χ0) is 12.1. The first-order valence-corrected chi connectivity index (χ1v) is 6.83. The summed E-state index contributed by atoms with van der Waals surface area (Å²) in [5, 5.41) is 3.62. The predicted molar refractivity (Wildman–Crippen MR) is 69.8 cm³/mol. The van der Waals surface area contributed by atoms with Crippen LogP contribution in [0.4, 0.5) is 0 Å². The molecule has 1 N–H and O–H groups in total. The number of hydrogen-bond acceptors (Lipinski definition) is 3. The maximum absolute atomic E-state index is 4.50. The molecule has 3 nitrogen and oxygen atoms in total. The molecule has 1 saturated carbocycles. The molecule has 0 aliphatic heterocycles. The highest BCUT2D eigenvalue weighted by Crippen LogP contribution is 2.34. The molecule has 0 aromatic carbocycles. The summed E-state index contributed by atoms with van der Waals surface area (Å²) in [6.45, 7) is 5.29. The molecule has 0 saturated heterocycles. The van der Waals surface area contributed by atoms with Gasteiger partial charge in [0.25, 0.3) is 0 Å². The molecule has 17 heavy (non-hydrogen) atoms. The Bertz CT molecular complexity index is 328. The third-order valence-corrected chi connectivity index (χ3v) is 3.56. The Labute approximate surface area is 104 Å². The lowest BCUT2D eigenvalue weighted by atomic mass is 9.97. The third-order valence-electron chi connectivity index (χ3n) is 3.56. The lowest BCUT2D eigenvalue weighted by Gasteiger charge is -2.23. The molecule has 0 bridgehead atoms. The molecule has 0 spiro atoms. The molecule has 3 heteroatoms. The van der Waals surface area contributed by atoms with Crippen molar-refractivity contribution >= 4 is 0 Å². The molecule has 1 aromatic rings. The highest BCUT2D eigenvalue weighted by molar-refractivity contribution is 5.06. The number of aryl methyl sites for hydroxylation is 1. The Morgan fingerprint density at radius 2 is 1.94 bits per heavy atom. The van der Waals surface area contributed by atoms with Crippen molar-refractivity contribution in [1.82, 2.24) is 15.3 Å². The minimum atomic E-state index is 0.359. The van der Waals surface area contributed by atoms with Crippen molar-refractivity contribution in [2.75, 3.05) is 6.54 Å². The topological polar surface area (TPSA) is 37.8 Å². The van der Waals surface area contributed by atoms with E-state index in [1.54, 1.807) is 0 Å². The zero-order valence-corrected chi connectivity index (χ0v) is 10.9. The van der Waals surface area contributed by atoms with Crippen molar-refractivity contribution in [3.63, 3.8) is 0 Å². The molecule has 1 aliphatic rings. The second-order valence-electron chi connectivity index (χ2n) is 5.09. The molecule has 0 amide bonds. The van der Waals surface area contributed by atoms with Crippen molar-refractivity contribution in [2.45, 2.75) is 52.0 Å². The van der Waals surface area contributed by atoms with Gasteiger partial charge >= 0.3 is 0 Å². The average Bonchev–Trinajstić information content (AvgIpc) is 2.85. The fraction of sp³-hybridized carbons (Fsp3) is 0.714. The van der Waals surface area contributed by atoms with Crippen LogP contribution in [0.1, 0.15) is 56.5 Å². The van der Waals surface area contributed by atoms with Gasteiger partial charge in [-0.05, 0) is 44.2 Å². The van der Waals surface area contributed by atoms with Gasteiger partial charge in [-0.25, -0.2) is 9.97 Å². The maximum atomic E-state index is 4.50. The van der Waals surface area contributed by atoms with Crippen LogP contribution in [-0.4, -0.2) is 16.5 Å². The summed E-state index contributed by atoms with van der Waals surface area (Å²) in [5.74, 6) is 1.71. The van der Waals surface area contributed by atoms with E-state index < -0.39 is 0 Å². The molecule has 94 valence electrons. The van der Waals surface area contributed by atoms with E-state index in [4.69, 9.17) is 0 Å². The summed E-state index contributed by atoms with van der Waals surface area (Å²) in [7, 11) is 0. The first-order valence-electron chi connectivity index (χ1n) is 6.83. The largest absolute Gasteiger partial charge is 0.307 e. The number of rotatable bonds is 5. The van der Waals surface area contributed by atoms with E-state index in [1.807, 2.05) is 19.3 Å². The molecular formula is C14H23N3. The second kappa shape index (κ2) is 6.10. The quantitative estimate of drug-likeness (QED) is 0.849. The van der Waals surface area contributed by atoms with Crippen molar-refractivity contribution in [1.29, 1.82) is 0 Å². The van der Waals surface area contributed by atoms with Crippen LogP contribution in [-0.2, 0) is 0 Å². The van der Waals surface area contributed by atoms with Gasteiger partial charge in [-0.1, -0.05) is 19.8 Å². The third kappa shape index (κ3) is 3.25. The van der Waals surface area contributed by atoms with Gasteiger partial charge < -0.3 is 5.32 Å². The van der Waals surface area contributed by atoms with Crippen molar-refractivity contribution in [3.05, 3.63) is 23.8 Å². The van der Waals surface area contributed by atoms with Gasteiger partial charge in [0.2, 0.25) is 0 Å². The number of hydrogen-bond donors (Lipinski definition) is 1. The molecule has 1 atom stereocenters.